The second-order valence-corrected chi connectivity index (χ2v) is 5.11. The first-order chi connectivity index (χ1) is 7.60. The Bertz CT molecular complexity index is 264. The quantitative estimate of drug-likeness (QED) is 0.767. The summed E-state index contributed by atoms with van der Waals surface area (Å²) in [7, 11) is 1.62. The number of ether oxygens (including phenoxy) is 1. The topological polar surface area (TPSA) is 41.6 Å². The standard InChI is InChI=1S/C12H22N2O2/c1-4-12(2,16-3)11(15)14-7-9-5-6-13-10(9)8-14/h9-10,13H,4-8H2,1-3H3/t9-,10+,12?/m0/s1. The number of hydrogen-bond acceptors (Lipinski definition) is 3. The zero-order valence-corrected chi connectivity index (χ0v) is 10.5. The molecule has 2 aliphatic rings. The number of rotatable bonds is 3. The van der Waals surface area contributed by atoms with Crippen LogP contribution in [-0.2, 0) is 9.53 Å². The van der Waals surface area contributed by atoms with Gasteiger partial charge in [0.1, 0.15) is 5.60 Å². The Balaban J connectivity index is 2.01. The second kappa shape index (κ2) is 4.34. The summed E-state index contributed by atoms with van der Waals surface area (Å²) in [5.74, 6) is 0.801. The van der Waals surface area contributed by atoms with E-state index in [4.69, 9.17) is 4.74 Å². The molecule has 0 aromatic heterocycles. The highest BCUT2D eigenvalue weighted by Crippen LogP contribution is 2.28. The number of hydrogen-bond donors (Lipinski definition) is 1. The molecule has 4 heteroatoms. The molecule has 4 nitrogen and oxygen atoms in total. The number of nitrogens with one attached hydrogen (secondary N) is 1. The molecule has 2 heterocycles. The van der Waals surface area contributed by atoms with E-state index >= 15 is 0 Å². The molecule has 0 aliphatic carbocycles. The lowest BCUT2D eigenvalue weighted by molar-refractivity contribution is -0.152. The minimum absolute atomic E-state index is 0.147. The van der Waals surface area contributed by atoms with E-state index in [0.717, 1.165) is 26.1 Å². The first-order valence-electron chi connectivity index (χ1n) is 6.18. The van der Waals surface area contributed by atoms with Crippen LogP contribution in [0.5, 0.6) is 0 Å². The third-order valence-electron chi connectivity index (χ3n) is 4.23. The van der Waals surface area contributed by atoms with Crippen molar-refractivity contribution in [3.8, 4) is 0 Å². The Morgan fingerprint density at radius 2 is 2.31 bits per heavy atom. The number of methoxy groups -OCH3 is 1. The van der Waals surface area contributed by atoms with Crippen LogP contribution in [0.15, 0.2) is 0 Å². The first-order valence-corrected chi connectivity index (χ1v) is 6.18. The maximum Gasteiger partial charge on any atom is 0.254 e. The molecule has 3 atom stereocenters. The van der Waals surface area contributed by atoms with E-state index in [2.05, 4.69) is 5.32 Å². The van der Waals surface area contributed by atoms with Gasteiger partial charge in [-0.1, -0.05) is 6.92 Å². The monoisotopic (exact) mass is 226 g/mol. The normalized spacial score (nSPS) is 32.6. The lowest BCUT2D eigenvalue weighted by atomic mass is 10.0. The number of likely N-dealkylation sites (tertiary alicyclic amines) is 1. The lowest BCUT2D eigenvalue weighted by Gasteiger charge is -2.30. The smallest absolute Gasteiger partial charge is 0.254 e. The average Bonchev–Trinajstić information content (AvgIpc) is 2.87. The molecule has 2 saturated heterocycles. The predicted octanol–water partition coefficient (Wildman–Crippen LogP) is 0.622. The van der Waals surface area contributed by atoms with Gasteiger partial charge < -0.3 is 15.0 Å². The molecule has 0 aromatic carbocycles. The van der Waals surface area contributed by atoms with Crippen LogP contribution in [-0.4, -0.2) is 49.2 Å². The van der Waals surface area contributed by atoms with E-state index in [0.29, 0.717) is 12.0 Å². The van der Waals surface area contributed by atoms with Crippen LogP contribution in [0.3, 0.4) is 0 Å². The summed E-state index contributed by atoms with van der Waals surface area (Å²) in [5, 5.41) is 3.46. The maximum atomic E-state index is 12.3. The molecule has 0 aromatic rings. The fourth-order valence-corrected chi connectivity index (χ4v) is 2.73. The largest absolute Gasteiger partial charge is 0.369 e. The molecule has 2 fully saturated rings. The molecule has 0 radical (unpaired) electrons. The van der Waals surface area contributed by atoms with Crippen LogP contribution < -0.4 is 5.32 Å². The van der Waals surface area contributed by atoms with Gasteiger partial charge in [-0.15, -0.1) is 0 Å². The van der Waals surface area contributed by atoms with Gasteiger partial charge in [0.05, 0.1) is 0 Å². The lowest BCUT2D eigenvalue weighted by Crippen LogP contribution is -2.48. The van der Waals surface area contributed by atoms with Crippen molar-refractivity contribution < 1.29 is 9.53 Å². The molecule has 2 aliphatic heterocycles. The highest BCUT2D eigenvalue weighted by molar-refractivity contribution is 5.85. The summed E-state index contributed by atoms with van der Waals surface area (Å²) in [5.41, 5.74) is -0.640. The fourth-order valence-electron chi connectivity index (χ4n) is 2.73. The average molecular weight is 226 g/mol. The third-order valence-corrected chi connectivity index (χ3v) is 4.23. The SMILES string of the molecule is CCC(C)(OC)C(=O)N1C[C@@H]2CCN[C@@H]2C1. The molecule has 1 unspecified atom stereocenters. The van der Waals surface area contributed by atoms with Gasteiger partial charge in [0, 0.05) is 26.2 Å². The van der Waals surface area contributed by atoms with Crippen LogP contribution in [0.25, 0.3) is 0 Å². The Labute approximate surface area is 97.3 Å². The van der Waals surface area contributed by atoms with Crippen molar-refractivity contribution in [1.29, 1.82) is 0 Å². The molecule has 1 amide bonds. The summed E-state index contributed by atoms with van der Waals surface area (Å²) in [4.78, 5) is 14.3. The predicted molar refractivity (Wildman–Crippen MR) is 62.2 cm³/mol. The molecular weight excluding hydrogens is 204 g/mol. The number of carbonyl (C=O) groups is 1. The Hall–Kier alpha value is -0.610. The molecule has 92 valence electrons. The van der Waals surface area contributed by atoms with Crippen LogP contribution in [0.2, 0.25) is 0 Å². The van der Waals surface area contributed by atoms with Crippen LogP contribution in [0.4, 0.5) is 0 Å². The van der Waals surface area contributed by atoms with Crippen molar-refractivity contribution in [2.75, 3.05) is 26.7 Å². The van der Waals surface area contributed by atoms with E-state index in [9.17, 15) is 4.79 Å². The van der Waals surface area contributed by atoms with Gasteiger partial charge in [0.15, 0.2) is 0 Å². The highest BCUT2D eigenvalue weighted by Gasteiger charge is 2.43. The Morgan fingerprint density at radius 1 is 1.56 bits per heavy atom. The van der Waals surface area contributed by atoms with Gasteiger partial charge in [0.25, 0.3) is 5.91 Å². The highest BCUT2D eigenvalue weighted by atomic mass is 16.5. The van der Waals surface area contributed by atoms with Crippen molar-refractivity contribution >= 4 is 5.91 Å². The van der Waals surface area contributed by atoms with Gasteiger partial charge in [0.2, 0.25) is 0 Å². The number of carbonyl (C=O) groups excluding carboxylic acids is 1. The molecule has 0 bridgehead atoms. The number of amides is 1. The molecule has 2 rings (SSSR count). The summed E-state index contributed by atoms with van der Waals surface area (Å²) in [6.45, 7) is 6.73. The zero-order chi connectivity index (χ0) is 11.8. The fraction of sp³-hybridized carbons (Fsp3) is 0.917. The van der Waals surface area contributed by atoms with Gasteiger partial charge in [-0.3, -0.25) is 4.79 Å². The van der Waals surface area contributed by atoms with Crippen molar-refractivity contribution in [2.24, 2.45) is 5.92 Å². The van der Waals surface area contributed by atoms with Crippen LogP contribution in [0, 0.1) is 5.92 Å². The van der Waals surface area contributed by atoms with E-state index in [1.807, 2.05) is 18.7 Å². The zero-order valence-electron chi connectivity index (χ0n) is 10.5. The summed E-state index contributed by atoms with van der Waals surface area (Å²) < 4.78 is 5.37. The van der Waals surface area contributed by atoms with E-state index in [-0.39, 0.29) is 5.91 Å². The van der Waals surface area contributed by atoms with Crippen molar-refractivity contribution in [3.63, 3.8) is 0 Å². The number of nitrogens with zero attached hydrogens (tertiary/aromatic N) is 1. The van der Waals surface area contributed by atoms with E-state index in [1.165, 1.54) is 6.42 Å². The van der Waals surface area contributed by atoms with Gasteiger partial charge in [-0.25, -0.2) is 0 Å². The van der Waals surface area contributed by atoms with E-state index < -0.39 is 5.60 Å². The minimum Gasteiger partial charge on any atom is -0.369 e. The molecule has 16 heavy (non-hydrogen) atoms. The minimum atomic E-state index is -0.640. The van der Waals surface area contributed by atoms with Crippen molar-refractivity contribution in [2.45, 2.75) is 38.3 Å². The summed E-state index contributed by atoms with van der Waals surface area (Å²) in [6.07, 6.45) is 1.92. The molecular formula is C12H22N2O2. The molecule has 1 N–H and O–H groups in total. The molecule has 0 spiro atoms. The third kappa shape index (κ3) is 1.84. The maximum absolute atomic E-state index is 12.3. The Kier molecular flexibility index (Phi) is 3.22. The summed E-state index contributed by atoms with van der Waals surface area (Å²) in [6, 6.07) is 0.516. The van der Waals surface area contributed by atoms with Gasteiger partial charge in [-0.05, 0) is 32.2 Å². The van der Waals surface area contributed by atoms with Crippen LogP contribution in [0.1, 0.15) is 26.7 Å². The molecule has 0 saturated carbocycles. The van der Waals surface area contributed by atoms with Crippen molar-refractivity contribution in [3.05, 3.63) is 0 Å². The van der Waals surface area contributed by atoms with Crippen molar-refractivity contribution in [1.82, 2.24) is 10.2 Å². The van der Waals surface area contributed by atoms with Crippen LogP contribution >= 0.6 is 0 Å². The second-order valence-electron chi connectivity index (χ2n) is 5.11. The number of fused-ring (bicyclic) bond motifs is 1. The first kappa shape index (κ1) is 11.9. The van der Waals surface area contributed by atoms with Gasteiger partial charge in [-0.2, -0.15) is 0 Å². The van der Waals surface area contributed by atoms with Gasteiger partial charge >= 0.3 is 0 Å². The van der Waals surface area contributed by atoms with E-state index in [1.54, 1.807) is 7.11 Å². The Morgan fingerprint density at radius 3 is 2.88 bits per heavy atom. The summed E-state index contributed by atoms with van der Waals surface area (Å²) >= 11 is 0.